The van der Waals surface area contributed by atoms with Gasteiger partial charge in [-0.3, -0.25) is 4.90 Å². The van der Waals surface area contributed by atoms with E-state index in [1.54, 1.807) is 11.3 Å². The molecule has 0 radical (unpaired) electrons. The highest BCUT2D eigenvalue weighted by Gasteiger charge is 2.34. The Morgan fingerprint density at radius 1 is 1.39 bits per heavy atom. The van der Waals surface area contributed by atoms with Crippen LogP contribution in [0, 0.1) is 5.92 Å². The fourth-order valence-electron chi connectivity index (χ4n) is 2.81. The van der Waals surface area contributed by atoms with E-state index in [0.29, 0.717) is 0 Å². The molecule has 3 rings (SSSR count). The average Bonchev–Trinajstić information content (AvgIpc) is 3.01. The van der Waals surface area contributed by atoms with Gasteiger partial charge in [0, 0.05) is 18.6 Å². The Bertz CT molecular complexity index is 402. The largest absolute Gasteiger partial charge is 0.314 e. The summed E-state index contributed by atoms with van der Waals surface area (Å²) in [5, 5.41) is 5.94. The Balaban J connectivity index is 1.47. The summed E-state index contributed by atoms with van der Waals surface area (Å²) < 4.78 is 1.24. The molecule has 0 bridgehead atoms. The van der Waals surface area contributed by atoms with E-state index in [4.69, 9.17) is 0 Å². The second-order valence-corrected chi connectivity index (χ2v) is 8.05. The van der Waals surface area contributed by atoms with Crippen molar-refractivity contribution in [2.45, 2.75) is 44.3 Å². The lowest BCUT2D eigenvalue weighted by atomic mass is 9.78. The van der Waals surface area contributed by atoms with Gasteiger partial charge in [0.2, 0.25) is 0 Å². The van der Waals surface area contributed by atoms with Crippen LogP contribution in [0.15, 0.2) is 15.2 Å². The van der Waals surface area contributed by atoms with Gasteiger partial charge in [-0.05, 0) is 78.1 Å². The Morgan fingerprint density at radius 2 is 2.22 bits per heavy atom. The van der Waals surface area contributed by atoms with Crippen molar-refractivity contribution in [1.82, 2.24) is 10.2 Å². The van der Waals surface area contributed by atoms with E-state index in [1.807, 2.05) is 0 Å². The molecule has 100 valence electrons. The molecule has 1 aromatic heterocycles. The summed E-state index contributed by atoms with van der Waals surface area (Å²) in [5.74, 6) is 0.873. The van der Waals surface area contributed by atoms with Crippen molar-refractivity contribution >= 4 is 27.3 Å². The first kappa shape index (κ1) is 13.1. The Kier molecular flexibility index (Phi) is 4.09. The van der Waals surface area contributed by atoms with Crippen LogP contribution in [0.1, 0.15) is 31.2 Å². The molecular weight excluding hydrogens is 308 g/mol. The van der Waals surface area contributed by atoms with Gasteiger partial charge in [-0.1, -0.05) is 0 Å². The summed E-state index contributed by atoms with van der Waals surface area (Å²) in [5.41, 5.74) is 1.44. The molecular formula is C14H21BrN2S. The summed E-state index contributed by atoms with van der Waals surface area (Å²) >= 11 is 5.32. The predicted molar refractivity (Wildman–Crippen MR) is 81.0 cm³/mol. The Morgan fingerprint density at radius 3 is 2.78 bits per heavy atom. The number of nitrogens with one attached hydrogen (secondary N) is 1. The molecule has 2 aliphatic carbocycles. The number of hydrogen-bond donors (Lipinski definition) is 1. The van der Waals surface area contributed by atoms with E-state index in [-0.39, 0.29) is 0 Å². The topological polar surface area (TPSA) is 15.3 Å². The highest BCUT2D eigenvalue weighted by molar-refractivity contribution is 9.11. The van der Waals surface area contributed by atoms with Crippen LogP contribution < -0.4 is 5.32 Å². The second-order valence-electron chi connectivity index (χ2n) is 5.76. The molecule has 0 saturated heterocycles. The molecule has 2 aliphatic rings. The zero-order valence-electron chi connectivity index (χ0n) is 10.9. The van der Waals surface area contributed by atoms with E-state index < -0.39 is 0 Å². The first-order chi connectivity index (χ1) is 8.72. The molecule has 0 aliphatic heterocycles. The van der Waals surface area contributed by atoms with Crippen LogP contribution in [0.4, 0.5) is 0 Å². The quantitative estimate of drug-likeness (QED) is 0.860. The van der Waals surface area contributed by atoms with Gasteiger partial charge in [0.1, 0.15) is 0 Å². The highest BCUT2D eigenvalue weighted by atomic mass is 79.9. The first-order valence-corrected chi connectivity index (χ1v) is 8.56. The van der Waals surface area contributed by atoms with E-state index in [2.05, 4.69) is 44.6 Å². The zero-order valence-corrected chi connectivity index (χ0v) is 13.3. The van der Waals surface area contributed by atoms with E-state index in [1.165, 1.54) is 41.6 Å². The van der Waals surface area contributed by atoms with Crippen LogP contribution in [0.3, 0.4) is 0 Å². The van der Waals surface area contributed by atoms with Gasteiger partial charge in [-0.2, -0.15) is 0 Å². The van der Waals surface area contributed by atoms with Crippen molar-refractivity contribution in [3.8, 4) is 0 Å². The third-order valence-electron chi connectivity index (χ3n) is 4.24. The summed E-state index contributed by atoms with van der Waals surface area (Å²) in [4.78, 5) is 2.54. The van der Waals surface area contributed by atoms with Crippen LogP contribution in [0.2, 0.25) is 0 Å². The minimum Gasteiger partial charge on any atom is -0.314 e. The van der Waals surface area contributed by atoms with Crippen molar-refractivity contribution < 1.29 is 0 Å². The predicted octanol–water partition coefficient (Wildman–Crippen LogP) is 3.47. The minimum atomic E-state index is 0.787. The monoisotopic (exact) mass is 328 g/mol. The number of rotatable bonds is 6. The second kappa shape index (κ2) is 5.61. The van der Waals surface area contributed by atoms with Gasteiger partial charge in [0.25, 0.3) is 0 Å². The fourth-order valence-corrected chi connectivity index (χ4v) is 4.01. The highest BCUT2D eigenvalue weighted by Crippen LogP contribution is 2.33. The van der Waals surface area contributed by atoms with Crippen LogP contribution in [-0.2, 0) is 6.54 Å². The van der Waals surface area contributed by atoms with Crippen molar-refractivity contribution in [2.24, 2.45) is 5.92 Å². The number of thiophene rings is 1. The number of nitrogens with zero attached hydrogens (tertiary/aromatic N) is 1. The molecule has 1 heterocycles. The smallest absolute Gasteiger partial charge is 0.0701 e. The number of hydrogen-bond acceptors (Lipinski definition) is 3. The van der Waals surface area contributed by atoms with E-state index in [0.717, 1.165) is 24.5 Å². The van der Waals surface area contributed by atoms with Gasteiger partial charge in [0.15, 0.2) is 0 Å². The molecule has 2 nitrogen and oxygen atoms in total. The summed E-state index contributed by atoms with van der Waals surface area (Å²) in [6, 6.07) is 3.89. The van der Waals surface area contributed by atoms with E-state index >= 15 is 0 Å². The SMILES string of the molecule is CN(Cc1csc(Br)c1)C1CCC1CNC1CC1. The molecule has 0 amide bonds. The van der Waals surface area contributed by atoms with Crippen molar-refractivity contribution in [2.75, 3.05) is 13.6 Å². The van der Waals surface area contributed by atoms with Crippen LogP contribution in [0.25, 0.3) is 0 Å². The summed E-state index contributed by atoms with van der Waals surface area (Å²) in [6.45, 7) is 2.32. The Labute approximate surface area is 122 Å². The molecule has 2 fully saturated rings. The fraction of sp³-hybridized carbons (Fsp3) is 0.714. The molecule has 0 aromatic carbocycles. The molecule has 2 saturated carbocycles. The van der Waals surface area contributed by atoms with Gasteiger partial charge in [-0.15, -0.1) is 11.3 Å². The van der Waals surface area contributed by atoms with Crippen molar-refractivity contribution in [3.63, 3.8) is 0 Å². The molecule has 0 spiro atoms. The standard InChI is InChI=1S/C14H21BrN2S/c1-17(8-10-6-14(15)18-9-10)13-5-2-11(13)7-16-12-3-4-12/h6,9,11-13,16H,2-5,7-8H2,1H3. The molecule has 1 aromatic rings. The first-order valence-electron chi connectivity index (χ1n) is 6.89. The molecule has 2 unspecified atom stereocenters. The lowest BCUT2D eigenvalue weighted by Gasteiger charge is -2.43. The van der Waals surface area contributed by atoms with Crippen LogP contribution in [0.5, 0.6) is 0 Å². The summed E-state index contributed by atoms with van der Waals surface area (Å²) in [6.07, 6.45) is 5.58. The summed E-state index contributed by atoms with van der Waals surface area (Å²) in [7, 11) is 2.28. The average molecular weight is 329 g/mol. The van der Waals surface area contributed by atoms with E-state index in [9.17, 15) is 0 Å². The maximum Gasteiger partial charge on any atom is 0.0701 e. The Hall–Kier alpha value is 0.1000. The minimum absolute atomic E-state index is 0.787. The maximum atomic E-state index is 3.68. The van der Waals surface area contributed by atoms with Crippen molar-refractivity contribution in [1.29, 1.82) is 0 Å². The van der Waals surface area contributed by atoms with Gasteiger partial charge in [0.05, 0.1) is 3.79 Å². The van der Waals surface area contributed by atoms with Crippen LogP contribution >= 0.6 is 27.3 Å². The molecule has 2 atom stereocenters. The molecule has 18 heavy (non-hydrogen) atoms. The molecule has 4 heteroatoms. The lowest BCUT2D eigenvalue weighted by Crippen LogP contribution is -2.48. The van der Waals surface area contributed by atoms with Crippen molar-refractivity contribution in [3.05, 3.63) is 20.8 Å². The third kappa shape index (κ3) is 3.16. The van der Waals surface area contributed by atoms with Gasteiger partial charge < -0.3 is 5.32 Å². The normalized spacial score (nSPS) is 27.5. The zero-order chi connectivity index (χ0) is 12.5. The van der Waals surface area contributed by atoms with Gasteiger partial charge >= 0.3 is 0 Å². The lowest BCUT2D eigenvalue weighted by molar-refractivity contribution is 0.0779. The van der Waals surface area contributed by atoms with Gasteiger partial charge in [-0.25, -0.2) is 0 Å². The third-order valence-corrected chi connectivity index (χ3v) is 5.80. The van der Waals surface area contributed by atoms with Crippen LogP contribution in [-0.4, -0.2) is 30.6 Å². The molecule has 1 N–H and O–H groups in total. The number of halogens is 1. The maximum absolute atomic E-state index is 3.68.